The van der Waals surface area contributed by atoms with Crippen LogP contribution < -0.4 is 9.47 Å². The third kappa shape index (κ3) is 3.99. The standard InChI is InChI=1S/C23H29N3O2/c1-3-13-28-22-19(7-4-10-21(22)27-2)16-26-12-6-9-18(15-26)20-14-17-8-5-11-24-23(17)25-20/h4-5,7-8,10-11,14,18H,3,6,9,12-13,15-16H2,1-2H3,(H,24,25). The van der Waals surface area contributed by atoms with Crippen LogP contribution in [0.25, 0.3) is 11.0 Å². The van der Waals surface area contributed by atoms with Crippen LogP contribution in [0.3, 0.4) is 0 Å². The van der Waals surface area contributed by atoms with Gasteiger partial charge in [0.15, 0.2) is 11.5 Å². The number of ether oxygens (including phenoxy) is 2. The zero-order valence-corrected chi connectivity index (χ0v) is 16.8. The minimum absolute atomic E-state index is 0.508. The van der Waals surface area contributed by atoms with Gasteiger partial charge in [-0.05, 0) is 50.1 Å². The van der Waals surface area contributed by atoms with Gasteiger partial charge in [0.05, 0.1) is 13.7 Å². The number of para-hydroxylation sites is 1. The molecule has 28 heavy (non-hydrogen) atoms. The number of fused-ring (bicyclic) bond motifs is 1. The molecular formula is C23H29N3O2. The summed E-state index contributed by atoms with van der Waals surface area (Å²) < 4.78 is 11.6. The molecule has 0 radical (unpaired) electrons. The Balaban J connectivity index is 1.51. The average molecular weight is 380 g/mol. The highest BCUT2D eigenvalue weighted by molar-refractivity contribution is 5.76. The second-order valence-corrected chi connectivity index (χ2v) is 7.54. The normalized spacial score (nSPS) is 17.7. The Hall–Kier alpha value is -2.53. The Morgan fingerprint density at radius 2 is 2.18 bits per heavy atom. The monoisotopic (exact) mass is 379 g/mol. The minimum atomic E-state index is 0.508. The predicted octanol–water partition coefficient (Wildman–Crippen LogP) is 4.74. The number of rotatable bonds is 7. The van der Waals surface area contributed by atoms with E-state index in [4.69, 9.17) is 9.47 Å². The lowest BCUT2D eigenvalue weighted by Crippen LogP contribution is -2.34. The van der Waals surface area contributed by atoms with Crippen molar-refractivity contribution in [2.24, 2.45) is 0 Å². The largest absolute Gasteiger partial charge is 0.493 e. The molecule has 0 saturated carbocycles. The van der Waals surface area contributed by atoms with Gasteiger partial charge in [-0.25, -0.2) is 4.98 Å². The Bertz CT molecular complexity index is 888. The Morgan fingerprint density at radius 3 is 3.00 bits per heavy atom. The number of nitrogens with zero attached hydrogens (tertiary/aromatic N) is 2. The number of hydrogen-bond donors (Lipinski definition) is 1. The molecule has 0 amide bonds. The topological polar surface area (TPSA) is 50.4 Å². The summed E-state index contributed by atoms with van der Waals surface area (Å²) in [6, 6.07) is 12.6. The lowest BCUT2D eigenvalue weighted by molar-refractivity contribution is 0.194. The summed E-state index contributed by atoms with van der Waals surface area (Å²) in [4.78, 5) is 10.5. The van der Waals surface area contributed by atoms with Gasteiger partial charge in [-0.15, -0.1) is 0 Å². The summed E-state index contributed by atoms with van der Waals surface area (Å²) in [7, 11) is 1.71. The zero-order chi connectivity index (χ0) is 19.3. The van der Waals surface area contributed by atoms with Gasteiger partial charge < -0.3 is 14.5 Å². The van der Waals surface area contributed by atoms with Crippen molar-refractivity contribution in [2.45, 2.75) is 38.6 Å². The summed E-state index contributed by atoms with van der Waals surface area (Å²) in [6.07, 6.45) is 5.23. The van der Waals surface area contributed by atoms with E-state index >= 15 is 0 Å². The van der Waals surface area contributed by atoms with Crippen molar-refractivity contribution >= 4 is 11.0 Å². The smallest absolute Gasteiger partial charge is 0.165 e. The van der Waals surface area contributed by atoms with E-state index in [1.807, 2.05) is 18.3 Å². The van der Waals surface area contributed by atoms with Crippen molar-refractivity contribution in [2.75, 3.05) is 26.8 Å². The predicted molar refractivity (Wildman–Crippen MR) is 112 cm³/mol. The van der Waals surface area contributed by atoms with Crippen LogP contribution in [0.1, 0.15) is 43.4 Å². The number of aromatic amines is 1. The highest BCUT2D eigenvalue weighted by Gasteiger charge is 2.24. The second-order valence-electron chi connectivity index (χ2n) is 7.54. The number of hydrogen-bond acceptors (Lipinski definition) is 4. The minimum Gasteiger partial charge on any atom is -0.493 e. The Labute approximate surface area is 166 Å². The van der Waals surface area contributed by atoms with E-state index < -0.39 is 0 Å². The molecule has 1 fully saturated rings. The van der Waals surface area contributed by atoms with E-state index in [0.29, 0.717) is 12.5 Å². The van der Waals surface area contributed by atoms with E-state index in [1.54, 1.807) is 7.11 Å². The summed E-state index contributed by atoms with van der Waals surface area (Å²) in [6.45, 7) is 5.86. The molecule has 1 aliphatic rings. The lowest BCUT2D eigenvalue weighted by atomic mass is 9.94. The van der Waals surface area contributed by atoms with E-state index in [1.165, 1.54) is 29.5 Å². The van der Waals surface area contributed by atoms with Crippen LogP contribution in [0.15, 0.2) is 42.6 Å². The molecule has 0 aliphatic carbocycles. The molecule has 1 aliphatic heterocycles. The number of nitrogens with one attached hydrogen (secondary N) is 1. The van der Waals surface area contributed by atoms with E-state index in [-0.39, 0.29) is 0 Å². The molecule has 4 rings (SSSR count). The SMILES string of the molecule is CCCOc1c(CN2CCCC(c3cc4cccnc4[nH]3)C2)cccc1OC. The van der Waals surface area contributed by atoms with Crippen LogP contribution in [-0.4, -0.2) is 41.7 Å². The Morgan fingerprint density at radius 1 is 1.25 bits per heavy atom. The van der Waals surface area contributed by atoms with Gasteiger partial charge in [0.25, 0.3) is 0 Å². The van der Waals surface area contributed by atoms with Gasteiger partial charge in [-0.2, -0.15) is 0 Å². The van der Waals surface area contributed by atoms with Crippen LogP contribution in [0.2, 0.25) is 0 Å². The number of methoxy groups -OCH3 is 1. The molecule has 0 bridgehead atoms. The maximum Gasteiger partial charge on any atom is 0.165 e. The third-order valence-corrected chi connectivity index (χ3v) is 5.48. The molecular weight excluding hydrogens is 350 g/mol. The summed E-state index contributed by atoms with van der Waals surface area (Å²) in [5.41, 5.74) is 3.48. The van der Waals surface area contributed by atoms with Gasteiger partial charge >= 0.3 is 0 Å². The second kappa shape index (κ2) is 8.65. The number of piperidine rings is 1. The quantitative estimate of drug-likeness (QED) is 0.644. The first-order valence-corrected chi connectivity index (χ1v) is 10.2. The van der Waals surface area contributed by atoms with Crippen molar-refractivity contribution in [3.63, 3.8) is 0 Å². The van der Waals surface area contributed by atoms with Crippen molar-refractivity contribution in [1.82, 2.24) is 14.9 Å². The van der Waals surface area contributed by atoms with Gasteiger partial charge in [0.2, 0.25) is 0 Å². The number of pyridine rings is 1. The van der Waals surface area contributed by atoms with Crippen molar-refractivity contribution in [3.8, 4) is 11.5 Å². The van der Waals surface area contributed by atoms with E-state index in [9.17, 15) is 0 Å². The molecule has 5 nitrogen and oxygen atoms in total. The van der Waals surface area contributed by atoms with E-state index in [0.717, 1.165) is 43.2 Å². The van der Waals surface area contributed by atoms with Gasteiger partial charge in [0.1, 0.15) is 5.65 Å². The first-order valence-electron chi connectivity index (χ1n) is 10.2. The van der Waals surface area contributed by atoms with Crippen LogP contribution >= 0.6 is 0 Å². The molecule has 5 heteroatoms. The van der Waals surface area contributed by atoms with Crippen molar-refractivity contribution in [1.29, 1.82) is 0 Å². The first-order chi connectivity index (χ1) is 13.8. The lowest BCUT2D eigenvalue weighted by Gasteiger charge is -2.32. The van der Waals surface area contributed by atoms with Crippen LogP contribution in [-0.2, 0) is 6.54 Å². The van der Waals surface area contributed by atoms with Gasteiger partial charge in [0, 0.05) is 41.8 Å². The highest BCUT2D eigenvalue weighted by Crippen LogP contribution is 2.34. The fraction of sp³-hybridized carbons (Fsp3) is 0.435. The number of benzene rings is 1. The van der Waals surface area contributed by atoms with Crippen LogP contribution in [0.5, 0.6) is 11.5 Å². The molecule has 0 spiro atoms. The molecule has 148 valence electrons. The molecule has 1 aromatic carbocycles. The van der Waals surface area contributed by atoms with Crippen molar-refractivity contribution < 1.29 is 9.47 Å². The van der Waals surface area contributed by atoms with Crippen LogP contribution in [0.4, 0.5) is 0 Å². The molecule has 1 atom stereocenters. The fourth-order valence-electron chi connectivity index (χ4n) is 4.11. The molecule has 3 aromatic rings. The molecule has 3 heterocycles. The number of likely N-dealkylation sites (tertiary alicyclic amines) is 1. The Kier molecular flexibility index (Phi) is 5.81. The maximum absolute atomic E-state index is 6.04. The summed E-state index contributed by atoms with van der Waals surface area (Å²) in [5.74, 6) is 2.22. The molecule has 1 saturated heterocycles. The molecule has 2 aromatic heterocycles. The fourth-order valence-corrected chi connectivity index (χ4v) is 4.11. The highest BCUT2D eigenvalue weighted by atomic mass is 16.5. The number of H-pyrrole nitrogens is 1. The molecule has 1 unspecified atom stereocenters. The first kappa shape index (κ1) is 18.8. The van der Waals surface area contributed by atoms with E-state index in [2.05, 4.69) is 46.1 Å². The summed E-state index contributed by atoms with van der Waals surface area (Å²) in [5, 5.41) is 1.19. The molecule has 1 N–H and O–H groups in total. The third-order valence-electron chi connectivity index (χ3n) is 5.48. The van der Waals surface area contributed by atoms with Gasteiger partial charge in [-0.3, -0.25) is 4.90 Å². The number of aromatic nitrogens is 2. The van der Waals surface area contributed by atoms with Crippen LogP contribution in [0, 0.1) is 0 Å². The average Bonchev–Trinajstić information content (AvgIpc) is 3.17. The van der Waals surface area contributed by atoms with Gasteiger partial charge in [-0.1, -0.05) is 19.1 Å². The van der Waals surface area contributed by atoms with Crippen molar-refractivity contribution in [3.05, 3.63) is 53.9 Å². The maximum atomic E-state index is 6.04. The summed E-state index contributed by atoms with van der Waals surface area (Å²) >= 11 is 0. The zero-order valence-electron chi connectivity index (χ0n) is 16.8.